The summed E-state index contributed by atoms with van der Waals surface area (Å²) in [5.41, 5.74) is 0.672. The lowest BCUT2D eigenvalue weighted by molar-refractivity contribution is -0.129. The van der Waals surface area contributed by atoms with Crippen molar-refractivity contribution in [3.63, 3.8) is 0 Å². The number of nitrogens with zero attached hydrogens (tertiary/aromatic N) is 2. The fourth-order valence-corrected chi connectivity index (χ4v) is 3.70. The number of benzene rings is 1. The van der Waals surface area contributed by atoms with E-state index in [1.54, 1.807) is 17.1 Å². The summed E-state index contributed by atoms with van der Waals surface area (Å²) in [4.78, 5) is 12.2. The molecule has 3 N–H and O–H groups in total. The van der Waals surface area contributed by atoms with Gasteiger partial charge in [0.15, 0.2) is 0 Å². The van der Waals surface area contributed by atoms with Gasteiger partial charge in [-0.15, -0.1) is 11.3 Å². The van der Waals surface area contributed by atoms with Crippen molar-refractivity contribution < 1.29 is 18.3 Å². The minimum atomic E-state index is -3.77. The van der Waals surface area contributed by atoms with Gasteiger partial charge in [0.1, 0.15) is 5.71 Å². The summed E-state index contributed by atoms with van der Waals surface area (Å²) in [6.07, 6.45) is 0.285. The number of carboxylic acids is 1. The molecule has 1 aliphatic rings. The molecule has 23 heavy (non-hydrogen) atoms. The van der Waals surface area contributed by atoms with E-state index in [9.17, 15) is 18.3 Å². The predicted octanol–water partition coefficient (Wildman–Crippen LogP) is 1.79. The van der Waals surface area contributed by atoms with Crippen LogP contribution in [-0.4, -0.2) is 25.2 Å². The highest BCUT2D eigenvalue weighted by molar-refractivity contribution is 7.89. The number of rotatable bonds is 4. The minimum absolute atomic E-state index is 0.00411. The van der Waals surface area contributed by atoms with Crippen LogP contribution in [0.5, 0.6) is 0 Å². The SMILES string of the molecule is NS(=O)(=O)c1ccc(N2N=C(C(=O)O)CC2c2cccs2)cc1. The summed E-state index contributed by atoms with van der Waals surface area (Å²) >= 11 is 1.52. The minimum Gasteiger partial charge on any atom is -0.477 e. The number of hydrogen-bond donors (Lipinski definition) is 2. The smallest absolute Gasteiger partial charge is 0.352 e. The Bertz CT molecular complexity index is 858. The molecule has 3 rings (SSSR count). The molecule has 0 spiro atoms. The Balaban J connectivity index is 1.98. The van der Waals surface area contributed by atoms with Gasteiger partial charge in [0.05, 0.1) is 16.6 Å². The average Bonchev–Trinajstić information content (AvgIpc) is 3.15. The zero-order valence-corrected chi connectivity index (χ0v) is 13.4. The number of nitrogens with two attached hydrogens (primary N) is 1. The lowest BCUT2D eigenvalue weighted by Gasteiger charge is -2.22. The Hall–Kier alpha value is -2.23. The van der Waals surface area contributed by atoms with Gasteiger partial charge in [0.2, 0.25) is 10.0 Å². The van der Waals surface area contributed by atoms with Gasteiger partial charge in [0, 0.05) is 11.3 Å². The van der Waals surface area contributed by atoms with Gasteiger partial charge in [0.25, 0.3) is 0 Å². The van der Waals surface area contributed by atoms with Crippen molar-refractivity contribution in [2.45, 2.75) is 17.4 Å². The standard InChI is InChI=1S/C14H13N3O4S2/c15-23(20,21)10-5-3-9(4-6-10)17-12(13-2-1-7-22-13)8-11(16-17)14(18)19/h1-7,12H,8H2,(H,18,19)(H2,15,20,21). The molecule has 0 bridgehead atoms. The summed E-state index contributed by atoms with van der Waals surface area (Å²) in [6, 6.07) is 9.47. The van der Waals surface area contributed by atoms with Crippen molar-refractivity contribution in [2.75, 3.05) is 5.01 Å². The summed E-state index contributed by atoms with van der Waals surface area (Å²) < 4.78 is 22.6. The number of aliphatic carboxylic acids is 1. The lowest BCUT2D eigenvalue weighted by atomic mass is 10.1. The first-order valence-electron chi connectivity index (χ1n) is 6.62. The molecule has 0 saturated carbocycles. The van der Waals surface area contributed by atoms with Crippen LogP contribution in [0.1, 0.15) is 17.3 Å². The van der Waals surface area contributed by atoms with Crippen molar-refractivity contribution in [1.29, 1.82) is 0 Å². The highest BCUT2D eigenvalue weighted by atomic mass is 32.2. The van der Waals surface area contributed by atoms with Crippen molar-refractivity contribution in [2.24, 2.45) is 10.2 Å². The molecule has 1 aliphatic heterocycles. The Morgan fingerprint density at radius 3 is 2.52 bits per heavy atom. The zero-order valence-electron chi connectivity index (χ0n) is 11.8. The lowest BCUT2D eigenvalue weighted by Crippen LogP contribution is -2.18. The van der Waals surface area contributed by atoms with Crippen LogP contribution >= 0.6 is 11.3 Å². The maximum atomic E-state index is 11.3. The van der Waals surface area contributed by atoms with Gasteiger partial charge in [-0.2, -0.15) is 5.10 Å². The van der Waals surface area contributed by atoms with Crippen LogP contribution in [-0.2, 0) is 14.8 Å². The van der Waals surface area contributed by atoms with E-state index in [1.807, 2.05) is 17.5 Å². The van der Waals surface area contributed by atoms with E-state index < -0.39 is 16.0 Å². The van der Waals surface area contributed by atoms with E-state index in [4.69, 9.17) is 5.14 Å². The molecule has 0 amide bonds. The maximum Gasteiger partial charge on any atom is 0.352 e. The fraction of sp³-hybridized carbons (Fsp3) is 0.143. The summed E-state index contributed by atoms with van der Waals surface area (Å²) in [6.45, 7) is 0. The number of carboxylic acid groups (broad SMARTS) is 1. The van der Waals surface area contributed by atoms with Crippen molar-refractivity contribution in [3.05, 3.63) is 46.7 Å². The number of sulfonamides is 1. The Labute approximate surface area is 136 Å². The molecule has 1 aromatic carbocycles. The van der Waals surface area contributed by atoms with Gasteiger partial charge in [-0.1, -0.05) is 6.07 Å². The van der Waals surface area contributed by atoms with Crippen LogP contribution < -0.4 is 10.1 Å². The zero-order chi connectivity index (χ0) is 16.6. The summed E-state index contributed by atoms with van der Waals surface area (Å²) in [7, 11) is -3.77. The highest BCUT2D eigenvalue weighted by Gasteiger charge is 2.33. The third kappa shape index (κ3) is 3.11. The van der Waals surface area contributed by atoms with Crippen molar-refractivity contribution in [3.8, 4) is 0 Å². The van der Waals surface area contributed by atoms with Crippen molar-refractivity contribution in [1.82, 2.24) is 0 Å². The van der Waals surface area contributed by atoms with Gasteiger partial charge >= 0.3 is 5.97 Å². The van der Waals surface area contributed by atoms with Crippen molar-refractivity contribution >= 4 is 38.7 Å². The van der Waals surface area contributed by atoms with E-state index in [-0.39, 0.29) is 23.1 Å². The summed E-state index contributed by atoms with van der Waals surface area (Å²) in [5, 5.41) is 22.0. The van der Waals surface area contributed by atoms with Gasteiger partial charge in [-0.25, -0.2) is 18.4 Å². The molecule has 2 aromatic rings. The quantitative estimate of drug-likeness (QED) is 0.872. The molecule has 0 saturated heterocycles. The van der Waals surface area contributed by atoms with E-state index in [1.165, 1.54) is 23.5 Å². The van der Waals surface area contributed by atoms with E-state index in [0.29, 0.717) is 5.69 Å². The molecule has 0 radical (unpaired) electrons. The highest BCUT2D eigenvalue weighted by Crippen LogP contribution is 2.37. The molecular formula is C14H13N3O4S2. The molecule has 120 valence electrons. The van der Waals surface area contributed by atoms with Crippen LogP contribution in [0.15, 0.2) is 51.8 Å². The number of hydrazone groups is 1. The first-order chi connectivity index (χ1) is 10.9. The van der Waals surface area contributed by atoms with Gasteiger partial charge in [-0.3, -0.25) is 5.01 Å². The normalized spacial score (nSPS) is 18.0. The van der Waals surface area contributed by atoms with Crippen LogP contribution in [0.25, 0.3) is 0 Å². The largest absolute Gasteiger partial charge is 0.477 e. The average molecular weight is 351 g/mol. The molecule has 7 nitrogen and oxygen atoms in total. The Morgan fingerprint density at radius 1 is 1.30 bits per heavy atom. The second-order valence-electron chi connectivity index (χ2n) is 4.97. The summed E-state index contributed by atoms with van der Waals surface area (Å²) in [5.74, 6) is -1.06. The molecule has 0 aliphatic carbocycles. The molecule has 1 unspecified atom stereocenters. The number of primary sulfonamides is 1. The third-order valence-electron chi connectivity index (χ3n) is 3.46. The monoisotopic (exact) mass is 351 g/mol. The molecular weight excluding hydrogens is 338 g/mol. The maximum absolute atomic E-state index is 11.3. The van der Waals surface area contributed by atoms with Gasteiger partial charge < -0.3 is 5.11 Å². The molecule has 1 aromatic heterocycles. The molecule has 9 heteroatoms. The first-order valence-corrected chi connectivity index (χ1v) is 9.05. The van der Waals surface area contributed by atoms with E-state index in [2.05, 4.69) is 5.10 Å². The Morgan fingerprint density at radius 2 is 2.00 bits per heavy atom. The van der Waals surface area contributed by atoms with Crippen LogP contribution in [0.4, 0.5) is 5.69 Å². The van der Waals surface area contributed by atoms with Gasteiger partial charge in [-0.05, 0) is 35.7 Å². The number of thiophene rings is 1. The van der Waals surface area contributed by atoms with Crippen LogP contribution in [0.2, 0.25) is 0 Å². The molecule has 0 fully saturated rings. The second-order valence-corrected chi connectivity index (χ2v) is 7.51. The number of anilines is 1. The van der Waals surface area contributed by atoms with Crippen LogP contribution in [0, 0.1) is 0 Å². The second kappa shape index (κ2) is 5.76. The molecule has 1 atom stereocenters. The van der Waals surface area contributed by atoms with E-state index >= 15 is 0 Å². The fourth-order valence-electron chi connectivity index (χ4n) is 2.37. The number of carbonyl (C=O) groups is 1. The first kappa shape index (κ1) is 15.7. The van der Waals surface area contributed by atoms with E-state index in [0.717, 1.165) is 4.88 Å². The topological polar surface area (TPSA) is 113 Å². The third-order valence-corrected chi connectivity index (χ3v) is 5.36. The number of hydrogen-bond acceptors (Lipinski definition) is 6. The Kier molecular flexibility index (Phi) is 3.92. The molecule has 2 heterocycles. The van der Waals surface area contributed by atoms with Crippen LogP contribution in [0.3, 0.4) is 0 Å². The predicted molar refractivity (Wildman–Crippen MR) is 87.0 cm³/mol.